The van der Waals surface area contributed by atoms with Crippen molar-refractivity contribution in [3.63, 3.8) is 0 Å². The number of nitrogens with two attached hydrogens (primary N) is 2. The Bertz CT molecular complexity index is 1190. The number of allylic oxidation sites excluding steroid dienone is 1. The molecule has 0 radical (unpaired) electrons. The second-order valence-electron chi connectivity index (χ2n) is 8.39. The predicted octanol–water partition coefficient (Wildman–Crippen LogP) is 5.11. The summed E-state index contributed by atoms with van der Waals surface area (Å²) in [5.74, 6) is 0.106. The van der Waals surface area contributed by atoms with Crippen molar-refractivity contribution in [2.45, 2.75) is 46.5 Å². The number of anilines is 1. The highest BCUT2D eigenvalue weighted by Gasteiger charge is 2.22. The summed E-state index contributed by atoms with van der Waals surface area (Å²) in [5.41, 5.74) is 16.8. The van der Waals surface area contributed by atoms with E-state index in [4.69, 9.17) is 21.6 Å². The summed E-state index contributed by atoms with van der Waals surface area (Å²) in [7, 11) is 0. The minimum Gasteiger partial charge on any atom is -0.477 e. The van der Waals surface area contributed by atoms with E-state index in [1.54, 1.807) is 13.0 Å². The Labute approximate surface area is 194 Å². The van der Waals surface area contributed by atoms with Crippen molar-refractivity contribution in [1.29, 1.82) is 5.41 Å². The number of fused-ring (bicyclic) bond motifs is 1. The lowest BCUT2D eigenvalue weighted by Gasteiger charge is -2.14. The van der Waals surface area contributed by atoms with Crippen LogP contribution in [0.3, 0.4) is 0 Å². The Kier molecular flexibility index (Phi) is 7.53. The van der Waals surface area contributed by atoms with Crippen LogP contribution in [0.2, 0.25) is 0 Å². The Hall–Kier alpha value is -3.61. The first-order valence-electron chi connectivity index (χ1n) is 11.3. The minimum atomic E-state index is -0.543. The van der Waals surface area contributed by atoms with E-state index in [1.807, 2.05) is 37.3 Å². The summed E-state index contributed by atoms with van der Waals surface area (Å²) < 4.78 is 5.94. The fourth-order valence-corrected chi connectivity index (χ4v) is 3.90. The maximum absolute atomic E-state index is 12.0. The highest BCUT2D eigenvalue weighted by atomic mass is 16.5. The quantitative estimate of drug-likeness (QED) is 0.254. The van der Waals surface area contributed by atoms with Gasteiger partial charge in [0.15, 0.2) is 0 Å². The van der Waals surface area contributed by atoms with Crippen LogP contribution < -0.4 is 16.2 Å². The zero-order chi connectivity index (χ0) is 24.1. The molecule has 1 aromatic carbocycles. The number of pyridine rings is 1. The van der Waals surface area contributed by atoms with Crippen LogP contribution in [0.5, 0.6) is 5.88 Å². The average Bonchev–Trinajstić information content (AvgIpc) is 3.17. The number of benzene rings is 1. The molecule has 0 saturated heterocycles. The molecule has 0 aliphatic rings. The zero-order valence-corrected chi connectivity index (χ0v) is 19.7. The molecule has 0 aliphatic heterocycles. The number of ether oxygens (including phenoxy) is 1. The van der Waals surface area contributed by atoms with E-state index in [9.17, 15) is 4.79 Å². The lowest BCUT2D eigenvalue weighted by Crippen LogP contribution is -2.19. The summed E-state index contributed by atoms with van der Waals surface area (Å²) in [4.78, 5) is 20.0. The molecule has 0 saturated carbocycles. The number of rotatable bonds is 10. The topological polar surface area (TPSA) is 131 Å². The van der Waals surface area contributed by atoms with Crippen LogP contribution in [0.4, 0.5) is 5.69 Å². The molecule has 1 unspecified atom stereocenters. The summed E-state index contributed by atoms with van der Waals surface area (Å²) in [5, 5.41) is 8.68. The first-order chi connectivity index (χ1) is 15.8. The zero-order valence-electron chi connectivity index (χ0n) is 19.7. The van der Waals surface area contributed by atoms with Crippen LogP contribution in [0.25, 0.3) is 22.6 Å². The molecule has 7 heteroatoms. The minimum absolute atomic E-state index is 0.437. The number of nitrogens with zero attached hydrogens (tertiary/aromatic N) is 1. The molecule has 33 heavy (non-hydrogen) atoms. The highest BCUT2D eigenvalue weighted by molar-refractivity contribution is 6.09. The third-order valence-corrected chi connectivity index (χ3v) is 6.22. The molecule has 0 spiro atoms. The molecule has 2 heterocycles. The third-order valence-electron chi connectivity index (χ3n) is 6.22. The van der Waals surface area contributed by atoms with Gasteiger partial charge in [-0.1, -0.05) is 32.8 Å². The van der Waals surface area contributed by atoms with E-state index in [1.165, 1.54) is 6.21 Å². The first-order valence-corrected chi connectivity index (χ1v) is 11.3. The molecule has 174 valence electrons. The van der Waals surface area contributed by atoms with Crippen LogP contribution in [0, 0.1) is 11.3 Å². The number of nitrogen functional groups attached to an aromatic ring is 1. The molecule has 7 nitrogen and oxygen atoms in total. The van der Waals surface area contributed by atoms with Gasteiger partial charge in [0.05, 0.1) is 18.2 Å². The Morgan fingerprint density at radius 1 is 1.21 bits per heavy atom. The van der Waals surface area contributed by atoms with Crippen molar-refractivity contribution < 1.29 is 9.53 Å². The fraction of sp³-hybridized carbons (Fsp3) is 0.346. The summed E-state index contributed by atoms with van der Waals surface area (Å²) >= 11 is 0. The SMILES string of the molecule is CCC(CC)COc1cccc(/C(C)=C/c2c(C(C)C(N)=O)[nH]c3ccc(N)c(C=N)c23)n1. The van der Waals surface area contributed by atoms with E-state index in [0.717, 1.165) is 40.6 Å². The van der Waals surface area contributed by atoms with Crippen LogP contribution in [0.15, 0.2) is 30.3 Å². The van der Waals surface area contributed by atoms with Crippen LogP contribution in [-0.4, -0.2) is 28.7 Å². The number of aromatic nitrogens is 2. The van der Waals surface area contributed by atoms with Gasteiger partial charge < -0.3 is 26.6 Å². The molecule has 6 N–H and O–H groups in total. The number of amides is 1. The van der Waals surface area contributed by atoms with Crippen molar-refractivity contribution >= 4 is 40.4 Å². The number of nitrogens with one attached hydrogen (secondary N) is 2. The van der Waals surface area contributed by atoms with E-state index in [2.05, 4.69) is 23.8 Å². The van der Waals surface area contributed by atoms with E-state index >= 15 is 0 Å². The number of hydrogen-bond donors (Lipinski definition) is 4. The molecule has 2 aromatic heterocycles. The Balaban J connectivity index is 2.09. The highest BCUT2D eigenvalue weighted by Crippen LogP contribution is 2.35. The first kappa shape index (κ1) is 24.0. The summed E-state index contributed by atoms with van der Waals surface area (Å²) in [6, 6.07) is 9.31. The molecular weight excluding hydrogens is 414 g/mol. The van der Waals surface area contributed by atoms with Gasteiger partial charge in [0, 0.05) is 45.7 Å². The number of aromatic amines is 1. The van der Waals surface area contributed by atoms with Crippen LogP contribution in [0.1, 0.15) is 69.0 Å². The van der Waals surface area contributed by atoms with E-state index in [0.29, 0.717) is 35.3 Å². The number of primary amides is 1. The molecule has 1 amide bonds. The summed E-state index contributed by atoms with van der Waals surface area (Å²) in [6.45, 7) is 8.68. The molecule has 3 rings (SSSR count). The normalized spacial score (nSPS) is 12.8. The number of carbonyl (C=O) groups excluding carboxylic acids is 1. The number of H-pyrrole nitrogens is 1. The number of carbonyl (C=O) groups is 1. The summed E-state index contributed by atoms with van der Waals surface area (Å²) in [6.07, 6.45) is 5.33. The molecular formula is C26H33N5O2. The largest absolute Gasteiger partial charge is 0.477 e. The van der Waals surface area contributed by atoms with Gasteiger partial charge in [-0.05, 0) is 49.6 Å². The van der Waals surface area contributed by atoms with Crippen molar-refractivity contribution in [2.24, 2.45) is 11.7 Å². The molecule has 3 aromatic rings. The van der Waals surface area contributed by atoms with Gasteiger partial charge >= 0.3 is 0 Å². The second kappa shape index (κ2) is 10.3. The van der Waals surface area contributed by atoms with E-state index in [-0.39, 0.29) is 0 Å². The van der Waals surface area contributed by atoms with Crippen LogP contribution in [-0.2, 0) is 4.79 Å². The van der Waals surface area contributed by atoms with Gasteiger partial charge in [-0.15, -0.1) is 0 Å². The standard InChI is InChI=1S/C26H33N5O2/c1-5-17(6-2)14-33-23-9-7-8-21(30-23)15(3)12-18-24-19(13-27)20(28)10-11-22(24)31-25(18)16(4)26(29)32/h7-13,16-17,27,31H,5-6,14,28H2,1-4H3,(H2,29,32)/b15-12+,27-13?. The lowest BCUT2D eigenvalue weighted by atomic mass is 9.96. The van der Waals surface area contributed by atoms with Crippen molar-refractivity contribution in [3.8, 4) is 5.88 Å². The maximum atomic E-state index is 12.0. The smallest absolute Gasteiger partial charge is 0.226 e. The van der Waals surface area contributed by atoms with Gasteiger partial charge in [-0.2, -0.15) is 0 Å². The Morgan fingerprint density at radius 2 is 1.94 bits per heavy atom. The maximum Gasteiger partial charge on any atom is 0.226 e. The van der Waals surface area contributed by atoms with Gasteiger partial charge in [0.1, 0.15) is 0 Å². The molecule has 0 aliphatic carbocycles. The predicted molar refractivity (Wildman–Crippen MR) is 136 cm³/mol. The van der Waals surface area contributed by atoms with Gasteiger partial charge in [-0.25, -0.2) is 4.98 Å². The average molecular weight is 448 g/mol. The second-order valence-corrected chi connectivity index (χ2v) is 8.39. The monoisotopic (exact) mass is 447 g/mol. The van der Waals surface area contributed by atoms with Crippen molar-refractivity contribution in [1.82, 2.24) is 9.97 Å². The van der Waals surface area contributed by atoms with E-state index < -0.39 is 11.8 Å². The molecule has 0 bridgehead atoms. The van der Waals surface area contributed by atoms with Gasteiger partial charge in [-0.3, -0.25) is 4.79 Å². The molecule has 0 fully saturated rings. The molecule has 1 atom stereocenters. The number of hydrogen-bond acceptors (Lipinski definition) is 5. The van der Waals surface area contributed by atoms with Crippen molar-refractivity contribution in [2.75, 3.05) is 12.3 Å². The van der Waals surface area contributed by atoms with Crippen molar-refractivity contribution in [3.05, 3.63) is 52.8 Å². The van der Waals surface area contributed by atoms with Gasteiger partial charge in [0.2, 0.25) is 11.8 Å². The third kappa shape index (κ3) is 5.08. The Morgan fingerprint density at radius 3 is 2.58 bits per heavy atom. The van der Waals surface area contributed by atoms with Gasteiger partial charge in [0.25, 0.3) is 0 Å². The fourth-order valence-electron chi connectivity index (χ4n) is 3.90. The lowest BCUT2D eigenvalue weighted by molar-refractivity contribution is -0.119. The van der Waals surface area contributed by atoms with Crippen LogP contribution >= 0.6 is 0 Å².